The van der Waals surface area contributed by atoms with Crippen LogP contribution in [0, 0.1) is 11.8 Å². The number of hydrogen-bond donors (Lipinski definition) is 1. The van der Waals surface area contributed by atoms with Crippen LogP contribution in [-0.4, -0.2) is 37.1 Å². The summed E-state index contributed by atoms with van der Waals surface area (Å²) in [5.41, 5.74) is 0. The number of hydrogen-bond acceptors (Lipinski definition) is 2. The summed E-state index contributed by atoms with van der Waals surface area (Å²) in [5, 5.41) is 3.65. The Morgan fingerprint density at radius 1 is 1.19 bits per heavy atom. The minimum atomic E-state index is 0.799. The summed E-state index contributed by atoms with van der Waals surface area (Å²) < 4.78 is 0. The van der Waals surface area contributed by atoms with Gasteiger partial charge in [0.05, 0.1) is 0 Å². The van der Waals surface area contributed by atoms with E-state index in [2.05, 4.69) is 24.1 Å². The first kappa shape index (κ1) is 12.4. The topological polar surface area (TPSA) is 15.3 Å². The molecular weight excluding hydrogens is 196 g/mol. The van der Waals surface area contributed by atoms with Crippen LogP contribution < -0.4 is 5.32 Å². The van der Waals surface area contributed by atoms with Crippen molar-refractivity contribution in [3.05, 3.63) is 0 Å². The molecule has 1 heterocycles. The minimum absolute atomic E-state index is 0.799. The molecule has 2 nitrogen and oxygen atoms in total. The molecule has 2 aliphatic rings. The summed E-state index contributed by atoms with van der Waals surface area (Å²) in [6, 6.07) is 0.799. The predicted molar refractivity (Wildman–Crippen MR) is 69.6 cm³/mol. The highest BCUT2D eigenvalue weighted by Crippen LogP contribution is 2.37. The average Bonchev–Trinajstić information content (AvgIpc) is 3.12. The Morgan fingerprint density at radius 3 is 2.44 bits per heavy atom. The molecule has 1 aliphatic carbocycles. The highest BCUT2D eigenvalue weighted by molar-refractivity contribution is 4.83. The van der Waals surface area contributed by atoms with Gasteiger partial charge in [-0.15, -0.1) is 0 Å². The van der Waals surface area contributed by atoms with Crippen molar-refractivity contribution in [2.24, 2.45) is 11.8 Å². The monoisotopic (exact) mass is 224 g/mol. The third-order valence-corrected chi connectivity index (χ3v) is 4.24. The third kappa shape index (κ3) is 3.74. The van der Waals surface area contributed by atoms with Crippen molar-refractivity contribution in [3.63, 3.8) is 0 Å². The molecule has 1 aliphatic heterocycles. The first-order chi connectivity index (χ1) is 7.79. The van der Waals surface area contributed by atoms with Crippen molar-refractivity contribution in [3.8, 4) is 0 Å². The van der Waals surface area contributed by atoms with E-state index in [1.807, 2.05) is 0 Å². The van der Waals surface area contributed by atoms with Gasteiger partial charge < -0.3 is 10.2 Å². The van der Waals surface area contributed by atoms with Gasteiger partial charge in [0.15, 0.2) is 0 Å². The maximum absolute atomic E-state index is 3.65. The molecule has 1 N–H and O–H groups in total. The molecule has 0 aromatic heterocycles. The van der Waals surface area contributed by atoms with Gasteiger partial charge in [0.1, 0.15) is 0 Å². The summed E-state index contributed by atoms with van der Waals surface area (Å²) in [6.07, 6.45) is 6.97. The van der Waals surface area contributed by atoms with Crippen LogP contribution in [0.3, 0.4) is 0 Å². The van der Waals surface area contributed by atoms with Crippen molar-refractivity contribution in [1.29, 1.82) is 0 Å². The molecule has 1 saturated carbocycles. The lowest BCUT2D eigenvalue weighted by Gasteiger charge is -2.34. The zero-order chi connectivity index (χ0) is 11.4. The van der Waals surface area contributed by atoms with Crippen LogP contribution in [0.25, 0.3) is 0 Å². The Hall–Kier alpha value is -0.0800. The number of nitrogens with one attached hydrogen (secondary N) is 1. The Morgan fingerprint density at radius 2 is 1.88 bits per heavy atom. The van der Waals surface area contributed by atoms with Crippen molar-refractivity contribution >= 4 is 0 Å². The first-order valence-corrected chi connectivity index (χ1v) is 7.25. The van der Waals surface area contributed by atoms with E-state index in [0.29, 0.717) is 0 Å². The predicted octanol–water partition coefficient (Wildman–Crippen LogP) is 2.50. The lowest BCUT2D eigenvalue weighted by molar-refractivity contribution is 0.170. The second kappa shape index (κ2) is 6.02. The molecule has 0 radical (unpaired) electrons. The van der Waals surface area contributed by atoms with Gasteiger partial charge in [-0.2, -0.15) is 0 Å². The smallest absolute Gasteiger partial charge is 0.00914 e. The molecule has 2 fully saturated rings. The van der Waals surface area contributed by atoms with Gasteiger partial charge in [0.2, 0.25) is 0 Å². The molecule has 94 valence electrons. The molecule has 2 rings (SSSR count). The summed E-state index contributed by atoms with van der Waals surface area (Å²) >= 11 is 0. The fourth-order valence-corrected chi connectivity index (χ4v) is 2.89. The molecule has 0 spiro atoms. The van der Waals surface area contributed by atoms with Crippen molar-refractivity contribution in [2.45, 2.75) is 52.0 Å². The van der Waals surface area contributed by atoms with E-state index < -0.39 is 0 Å². The van der Waals surface area contributed by atoms with Crippen LogP contribution in [0.2, 0.25) is 0 Å². The zero-order valence-corrected chi connectivity index (χ0v) is 11.0. The molecular formula is C14H28N2. The highest BCUT2D eigenvalue weighted by atomic mass is 15.1. The second-order valence-corrected chi connectivity index (χ2v) is 5.84. The Bertz CT molecular complexity index is 193. The molecule has 1 atom stereocenters. The standard InChI is InChI=1S/C14H28N2/c1-3-8-15-14-6-9-16(10-7-14)11-12(2)13-4-5-13/h12-15H,3-11H2,1-2H3. The lowest BCUT2D eigenvalue weighted by atomic mass is 10.0. The van der Waals surface area contributed by atoms with Crippen LogP contribution in [0.5, 0.6) is 0 Å². The molecule has 2 heteroatoms. The van der Waals surface area contributed by atoms with Crippen LogP contribution >= 0.6 is 0 Å². The van der Waals surface area contributed by atoms with Crippen LogP contribution in [0.4, 0.5) is 0 Å². The van der Waals surface area contributed by atoms with Crippen LogP contribution in [0.15, 0.2) is 0 Å². The SMILES string of the molecule is CCCNC1CCN(CC(C)C2CC2)CC1. The zero-order valence-electron chi connectivity index (χ0n) is 11.0. The summed E-state index contributed by atoms with van der Waals surface area (Å²) in [7, 11) is 0. The summed E-state index contributed by atoms with van der Waals surface area (Å²) in [5.74, 6) is 2.01. The molecule has 0 bridgehead atoms. The number of likely N-dealkylation sites (tertiary alicyclic amines) is 1. The maximum Gasteiger partial charge on any atom is 0.00914 e. The largest absolute Gasteiger partial charge is 0.314 e. The van der Waals surface area contributed by atoms with Gasteiger partial charge in [-0.05, 0) is 63.6 Å². The minimum Gasteiger partial charge on any atom is -0.314 e. The fourth-order valence-electron chi connectivity index (χ4n) is 2.89. The molecule has 1 unspecified atom stereocenters. The molecule has 0 aromatic rings. The number of rotatable bonds is 6. The van der Waals surface area contributed by atoms with Crippen LogP contribution in [-0.2, 0) is 0 Å². The molecule has 16 heavy (non-hydrogen) atoms. The van der Waals surface area contributed by atoms with Gasteiger partial charge >= 0.3 is 0 Å². The van der Waals surface area contributed by atoms with Gasteiger partial charge in [-0.3, -0.25) is 0 Å². The molecule has 1 saturated heterocycles. The fraction of sp³-hybridized carbons (Fsp3) is 1.00. The summed E-state index contributed by atoms with van der Waals surface area (Å²) in [6.45, 7) is 9.88. The highest BCUT2D eigenvalue weighted by Gasteiger charge is 2.30. The molecule has 0 amide bonds. The van der Waals surface area contributed by atoms with Crippen molar-refractivity contribution in [1.82, 2.24) is 10.2 Å². The first-order valence-electron chi connectivity index (χ1n) is 7.25. The van der Waals surface area contributed by atoms with Gasteiger partial charge in [0, 0.05) is 12.6 Å². The van der Waals surface area contributed by atoms with Crippen molar-refractivity contribution in [2.75, 3.05) is 26.2 Å². The third-order valence-electron chi connectivity index (χ3n) is 4.24. The number of piperidine rings is 1. The normalized spacial score (nSPS) is 25.9. The van der Waals surface area contributed by atoms with Crippen LogP contribution in [0.1, 0.15) is 46.0 Å². The Labute approximate surface area is 101 Å². The van der Waals surface area contributed by atoms with E-state index in [1.165, 1.54) is 58.3 Å². The van der Waals surface area contributed by atoms with E-state index >= 15 is 0 Å². The average molecular weight is 224 g/mol. The quantitative estimate of drug-likeness (QED) is 0.746. The Kier molecular flexibility index (Phi) is 4.66. The number of nitrogens with zero attached hydrogens (tertiary/aromatic N) is 1. The van der Waals surface area contributed by atoms with E-state index in [-0.39, 0.29) is 0 Å². The van der Waals surface area contributed by atoms with E-state index in [1.54, 1.807) is 0 Å². The van der Waals surface area contributed by atoms with Crippen molar-refractivity contribution < 1.29 is 0 Å². The second-order valence-electron chi connectivity index (χ2n) is 5.84. The van der Waals surface area contributed by atoms with Gasteiger partial charge in [0.25, 0.3) is 0 Å². The van der Waals surface area contributed by atoms with E-state index in [4.69, 9.17) is 0 Å². The Balaban J connectivity index is 1.60. The van der Waals surface area contributed by atoms with Gasteiger partial charge in [-0.25, -0.2) is 0 Å². The molecule has 0 aromatic carbocycles. The van der Waals surface area contributed by atoms with E-state index in [9.17, 15) is 0 Å². The van der Waals surface area contributed by atoms with Gasteiger partial charge in [-0.1, -0.05) is 13.8 Å². The van der Waals surface area contributed by atoms with E-state index in [0.717, 1.165) is 17.9 Å². The summed E-state index contributed by atoms with van der Waals surface area (Å²) in [4.78, 5) is 2.69. The lowest BCUT2D eigenvalue weighted by Crippen LogP contribution is -2.44. The maximum atomic E-state index is 3.65.